The first-order valence-corrected chi connectivity index (χ1v) is 7.73. The van der Waals surface area contributed by atoms with Crippen LogP contribution < -0.4 is 16.4 Å². The van der Waals surface area contributed by atoms with Crippen molar-refractivity contribution in [3.8, 4) is 0 Å². The van der Waals surface area contributed by atoms with Gasteiger partial charge < -0.3 is 16.4 Å². The fourth-order valence-corrected chi connectivity index (χ4v) is 3.27. The third-order valence-corrected chi connectivity index (χ3v) is 4.73. The van der Waals surface area contributed by atoms with Crippen LogP contribution in [0.2, 0.25) is 0 Å². The van der Waals surface area contributed by atoms with Gasteiger partial charge in [0.15, 0.2) is 15.7 Å². The van der Waals surface area contributed by atoms with E-state index in [0.29, 0.717) is 31.0 Å². The van der Waals surface area contributed by atoms with E-state index in [1.807, 2.05) is 0 Å². The summed E-state index contributed by atoms with van der Waals surface area (Å²) in [5.74, 6) is 0.0190. The minimum Gasteiger partial charge on any atom is -0.396 e. The monoisotopic (exact) mass is 284 g/mol. The lowest BCUT2D eigenvalue weighted by molar-refractivity contribution is 0.0995. The zero-order valence-electron chi connectivity index (χ0n) is 10.4. The number of aromatic nitrogens is 1. The molecule has 0 unspecified atom stereocenters. The number of sulfone groups is 1. The molecule has 8 heteroatoms. The van der Waals surface area contributed by atoms with E-state index in [4.69, 9.17) is 11.5 Å². The number of nitrogens with two attached hydrogens (primary N) is 2. The van der Waals surface area contributed by atoms with Crippen molar-refractivity contribution in [1.29, 1.82) is 0 Å². The molecule has 1 aromatic rings. The van der Waals surface area contributed by atoms with E-state index in [1.165, 1.54) is 6.07 Å². The van der Waals surface area contributed by atoms with Crippen LogP contribution in [0.5, 0.6) is 0 Å². The highest BCUT2D eigenvalue weighted by molar-refractivity contribution is 7.91. The summed E-state index contributed by atoms with van der Waals surface area (Å²) >= 11 is 0. The zero-order chi connectivity index (χ0) is 14.0. The van der Waals surface area contributed by atoms with Crippen LogP contribution in [0.3, 0.4) is 0 Å². The van der Waals surface area contributed by atoms with Crippen molar-refractivity contribution in [2.75, 3.05) is 35.2 Å². The molecule has 0 aliphatic carbocycles. The van der Waals surface area contributed by atoms with Gasteiger partial charge in [-0.3, -0.25) is 4.79 Å². The molecule has 0 bridgehead atoms. The molecule has 1 saturated heterocycles. The largest absolute Gasteiger partial charge is 0.396 e. The highest BCUT2D eigenvalue weighted by Gasteiger charge is 2.22. The van der Waals surface area contributed by atoms with Gasteiger partial charge in [-0.25, -0.2) is 13.4 Å². The van der Waals surface area contributed by atoms with E-state index in [0.717, 1.165) is 0 Å². The lowest BCUT2D eigenvalue weighted by Crippen LogP contribution is -2.29. The second-order valence-electron chi connectivity index (χ2n) is 4.47. The Bertz CT molecular complexity index is 600. The van der Waals surface area contributed by atoms with Gasteiger partial charge in [0.05, 0.1) is 17.2 Å². The minimum absolute atomic E-state index is 0.0644. The summed E-state index contributed by atoms with van der Waals surface area (Å²) in [7, 11) is -3.00. The van der Waals surface area contributed by atoms with Crippen molar-refractivity contribution in [2.45, 2.75) is 6.42 Å². The van der Waals surface area contributed by atoms with Gasteiger partial charge in [-0.15, -0.1) is 0 Å². The van der Waals surface area contributed by atoms with Gasteiger partial charge in [-0.1, -0.05) is 0 Å². The van der Waals surface area contributed by atoms with Crippen LogP contribution in [-0.2, 0) is 9.84 Å². The average molecular weight is 284 g/mol. The molecular formula is C11H16N4O3S. The molecule has 1 amide bonds. The van der Waals surface area contributed by atoms with Crippen molar-refractivity contribution < 1.29 is 13.2 Å². The van der Waals surface area contributed by atoms with Gasteiger partial charge in [0.2, 0.25) is 0 Å². The fourth-order valence-electron chi connectivity index (χ4n) is 2.00. The number of hydrogen-bond donors (Lipinski definition) is 2. The number of rotatable bonds is 2. The van der Waals surface area contributed by atoms with E-state index >= 15 is 0 Å². The molecule has 0 atom stereocenters. The highest BCUT2D eigenvalue weighted by Crippen LogP contribution is 2.22. The molecule has 19 heavy (non-hydrogen) atoms. The first-order valence-electron chi connectivity index (χ1n) is 5.91. The molecule has 104 valence electrons. The predicted molar refractivity (Wildman–Crippen MR) is 72.7 cm³/mol. The van der Waals surface area contributed by atoms with Gasteiger partial charge in [0, 0.05) is 13.1 Å². The lowest BCUT2D eigenvalue weighted by atomic mass is 10.3. The van der Waals surface area contributed by atoms with E-state index in [-0.39, 0.29) is 17.2 Å². The molecule has 4 N–H and O–H groups in total. The number of hydrogen-bond acceptors (Lipinski definition) is 6. The number of nitrogens with zero attached hydrogens (tertiary/aromatic N) is 2. The third-order valence-electron chi connectivity index (χ3n) is 3.01. The summed E-state index contributed by atoms with van der Waals surface area (Å²) < 4.78 is 23.1. The molecule has 2 heterocycles. The summed E-state index contributed by atoms with van der Waals surface area (Å²) in [6.07, 6.45) is 0.518. The molecule has 0 radical (unpaired) electrons. The topological polar surface area (TPSA) is 119 Å². The Balaban J connectivity index is 2.30. The SMILES string of the molecule is NC(=O)c1ccc(N)c(N2CCCS(=O)(=O)CC2)n1. The highest BCUT2D eigenvalue weighted by atomic mass is 32.2. The quantitative estimate of drug-likeness (QED) is 0.747. The van der Waals surface area contributed by atoms with Gasteiger partial charge in [-0.2, -0.15) is 0 Å². The normalized spacial score (nSPS) is 18.8. The molecule has 2 rings (SSSR count). The van der Waals surface area contributed by atoms with Crippen molar-refractivity contribution in [1.82, 2.24) is 4.98 Å². The van der Waals surface area contributed by atoms with E-state index in [2.05, 4.69) is 4.98 Å². The van der Waals surface area contributed by atoms with Crippen LogP contribution in [0.4, 0.5) is 11.5 Å². The Morgan fingerprint density at radius 2 is 2.00 bits per heavy atom. The molecule has 1 aromatic heterocycles. The van der Waals surface area contributed by atoms with Gasteiger partial charge in [0.25, 0.3) is 5.91 Å². The maximum absolute atomic E-state index is 11.6. The standard InChI is InChI=1S/C11H16N4O3S/c12-8-2-3-9(10(13)16)14-11(8)15-4-1-6-19(17,18)7-5-15/h2-3H,1,4-7,12H2,(H2,13,16). The van der Waals surface area contributed by atoms with Crippen LogP contribution in [0.25, 0.3) is 0 Å². The number of nitrogen functional groups attached to an aromatic ring is 1. The first kappa shape index (κ1) is 13.6. The second kappa shape index (κ2) is 5.04. The average Bonchev–Trinajstić information content (AvgIpc) is 2.51. The molecule has 0 saturated carbocycles. The molecule has 0 spiro atoms. The summed E-state index contributed by atoms with van der Waals surface area (Å²) in [5, 5.41) is 0. The Morgan fingerprint density at radius 1 is 1.26 bits per heavy atom. The molecule has 7 nitrogen and oxygen atoms in total. The maximum Gasteiger partial charge on any atom is 0.267 e. The van der Waals surface area contributed by atoms with Crippen molar-refractivity contribution in [3.05, 3.63) is 17.8 Å². The summed E-state index contributed by atoms with van der Waals surface area (Å²) in [6.45, 7) is 0.862. The molecule has 1 aliphatic heterocycles. The van der Waals surface area contributed by atoms with E-state index < -0.39 is 15.7 Å². The van der Waals surface area contributed by atoms with Gasteiger partial charge >= 0.3 is 0 Å². The Kier molecular flexibility index (Phi) is 3.61. The van der Waals surface area contributed by atoms with E-state index in [1.54, 1.807) is 11.0 Å². The van der Waals surface area contributed by atoms with Crippen LogP contribution >= 0.6 is 0 Å². The van der Waals surface area contributed by atoms with Crippen LogP contribution in [0, 0.1) is 0 Å². The predicted octanol–water partition coefficient (Wildman–Crippen LogP) is -0.612. The second-order valence-corrected chi connectivity index (χ2v) is 6.77. The summed E-state index contributed by atoms with van der Waals surface area (Å²) in [4.78, 5) is 17.0. The van der Waals surface area contributed by atoms with Crippen molar-refractivity contribution >= 4 is 27.2 Å². The third kappa shape index (κ3) is 3.14. The lowest BCUT2D eigenvalue weighted by Gasteiger charge is -2.22. The number of carbonyl (C=O) groups excluding carboxylic acids is 1. The fraction of sp³-hybridized carbons (Fsp3) is 0.455. The number of pyridine rings is 1. The Hall–Kier alpha value is -1.83. The Labute approximate surface area is 111 Å². The smallest absolute Gasteiger partial charge is 0.267 e. The summed E-state index contributed by atoms with van der Waals surface area (Å²) in [5.41, 5.74) is 11.5. The minimum atomic E-state index is -3.00. The number of anilines is 2. The van der Waals surface area contributed by atoms with Crippen molar-refractivity contribution in [2.24, 2.45) is 5.73 Å². The van der Waals surface area contributed by atoms with Gasteiger partial charge in [0.1, 0.15) is 5.69 Å². The number of amides is 1. The molecule has 1 aliphatic rings. The van der Waals surface area contributed by atoms with Crippen LogP contribution in [0.1, 0.15) is 16.9 Å². The molecule has 1 fully saturated rings. The van der Waals surface area contributed by atoms with Gasteiger partial charge in [-0.05, 0) is 18.6 Å². The van der Waals surface area contributed by atoms with E-state index in [9.17, 15) is 13.2 Å². The molecular weight excluding hydrogens is 268 g/mol. The zero-order valence-corrected chi connectivity index (χ0v) is 11.2. The maximum atomic E-state index is 11.6. The summed E-state index contributed by atoms with van der Waals surface area (Å²) in [6, 6.07) is 3.01. The number of carbonyl (C=O) groups is 1. The molecule has 0 aromatic carbocycles. The van der Waals surface area contributed by atoms with Crippen LogP contribution in [0.15, 0.2) is 12.1 Å². The van der Waals surface area contributed by atoms with Crippen LogP contribution in [-0.4, -0.2) is 43.9 Å². The number of primary amides is 1. The Morgan fingerprint density at radius 3 is 2.68 bits per heavy atom. The first-order chi connectivity index (χ1) is 8.89. The van der Waals surface area contributed by atoms with Crippen molar-refractivity contribution in [3.63, 3.8) is 0 Å².